The molecule has 0 radical (unpaired) electrons. The maximum absolute atomic E-state index is 5.86. The van der Waals surface area contributed by atoms with Gasteiger partial charge in [0.1, 0.15) is 5.52 Å². The van der Waals surface area contributed by atoms with Crippen LogP contribution in [0.5, 0.6) is 0 Å². The Bertz CT molecular complexity index is 555. The molecular weight excluding hydrogens is 226 g/mol. The highest BCUT2D eigenvalue weighted by Crippen LogP contribution is 2.37. The summed E-state index contributed by atoms with van der Waals surface area (Å²) in [5.41, 5.74) is 8.40. The van der Waals surface area contributed by atoms with Crippen molar-refractivity contribution >= 4 is 22.8 Å². The first kappa shape index (κ1) is 11.4. The number of aromatic nitrogens is 1. The fourth-order valence-electron chi connectivity index (χ4n) is 2.74. The molecule has 1 heterocycles. The maximum Gasteiger partial charge on any atom is 0.295 e. The Balaban J connectivity index is 1.77. The van der Waals surface area contributed by atoms with Crippen LogP contribution in [0.4, 0.5) is 11.7 Å². The second kappa shape index (κ2) is 4.19. The van der Waals surface area contributed by atoms with Gasteiger partial charge in [0.15, 0.2) is 5.58 Å². The predicted octanol–water partition coefficient (Wildman–Crippen LogP) is 3.40. The van der Waals surface area contributed by atoms with Gasteiger partial charge in [0.25, 0.3) is 6.01 Å². The fourth-order valence-corrected chi connectivity index (χ4v) is 2.74. The van der Waals surface area contributed by atoms with E-state index in [0.29, 0.717) is 17.1 Å². The van der Waals surface area contributed by atoms with Crippen LogP contribution in [0, 0.1) is 5.41 Å². The van der Waals surface area contributed by atoms with E-state index in [1.807, 2.05) is 18.2 Å². The number of oxazole rings is 1. The van der Waals surface area contributed by atoms with E-state index >= 15 is 0 Å². The van der Waals surface area contributed by atoms with Crippen molar-refractivity contribution in [3.05, 3.63) is 18.2 Å². The van der Waals surface area contributed by atoms with Crippen LogP contribution in [-0.4, -0.2) is 11.5 Å². The van der Waals surface area contributed by atoms with Crippen LogP contribution in [0.3, 0.4) is 0 Å². The third-order valence-corrected chi connectivity index (χ3v) is 3.93. The number of nitrogen functional groups attached to an aromatic ring is 1. The first-order valence-electron chi connectivity index (χ1n) is 6.55. The monoisotopic (exact) mass is 245 g/mol. The first-order valence-corrected chi connectivity index (χ1v) is 6.55. The van der Waals surface area contributed by atoms with Crippen molar-refractivity contribution in [1.82, 2.24) is 4.98 Å². The summed E-state index contributed by atoms with van der Waals surface area (Å²) in [6, 6.07) is 6.19. The largest absolute Gasteiger partial charge is 0.423 e. The number of nitrogens with zero attached hydrogens (tertiary/aromatic N) is 1. The number of nitrogens with one attached hydrogen (secondary N) is 1. The van der Waals surface area contributed by atoms with Crippen LogP contribution in [0.15, 0.2) is 22.6 Å². The van der Waals surface area contributed by atoms with Gasteiger partial charge >= 0.3 is 0 Å². The zero-order valence-electron chi connectivity index (χ0n) is 10.7. The van der Waals surface area contributed by atoms with E-state index in [-0.39, 0.29) is 0 Å². The van der Waals surface area contributed by atoms with Crippen molar-refractivity contribution in [3.8, 4) is 0 Å². The average molecular weight is 245 g/mol. The lowest BCUT2D eigenvalue weighted by atomic mass is 9.89. The number of fused-ring (bicyclic) bond motifs is 1. The molecule has 1 aromatic carbocycles. The minimum absolute atomic E-state index is 0.381. The Morgan fingerprint density at radius 1 is 1.39 bits per heavy atom. The zero-order chi connectivity index (χ0) is 12.6. The van der Waals surface area contributed by atoms with Gasteiger partial charge in [-0.2, -0.15) is 4.98 Å². The number of nitrogens with two attached hydrogens (primary N) is 1. The molecule has 0 atom stereocenters. The van der Waals surface area contributed by atoms with Crippen LogP contribution in [0.2, 0.25) is 0 Å². The van der Waals surface area contributed by atoms with Crippen molar-refractivity contribution in [2.24, 2.45) is 5.41 Å². The average Bonchev–Trinajstić information content (AvgIpc) is 2.94. The SMILES string of the molecule is CC1(CNc2nc3c(N)cccc3o2)CCCC1. The third kappa shape index (κ3) is 2.03. The predicted molar refractivity (Wildman–Crippen MR) is 73.5 cm³/mol. The summed E-state index contributed by atoms with van der Waals surface area (Å²) in [7, 11) is 0. The van der Waals surface area contributed by atoms with E-state index in [2.05, 4.69) is 17.2 Å². The summed E-state index contributed by atoms with van der Waals surface area (Å²) in [4.78, 5) is 4.40. The molecule has 0 unspecified atom stereocenters. The van der Waals surface area contributed by atoms with Crippen LogP contribution in [-0.2, 0) is 0 Å². The molecule has 0 bridgehead atoms. The smallest absolute Gasteiger partial charge is 0.295 e. The van der Waals surface area contributed by atoms with E-state index in [1.54, 1.807) is 0 Å². The molecule has 2 aromatic rings. The van der Waals surface area contributed by atoms with Crippen LogP contribution < -0.4 is 11.1 Å². The van der Waals surface area contributed by atoms with Crippen molar-refractivity contribution in [2.45, 2.75) is 32.6 Å². The Kier molecular flexibility index (Phi) is 2.65. The van der Waals surface area contributed by atoms with Crippen molar-refractivity contribution in [3.63, 3.8) is 0 Å². The minimum atomic E-state index is 0.381. The topological polar surface area (TPSA) is 64.1 Å². The molecule has 1 saturated carbocycles. The van der Waals surface area contributed by atoms with Gasteiger partial charge in [0.2, 0.25) is 0 Å². The standard InChI is InChI=1S/C14H19N3O/c1-14(7-2-3-8-14)9-16-13-17-12-10(15)5-4-6-11(12)18-13/h4-6H,2-3,7-9,15H2,1H3,(H,16,17). The molecule has 0 saturated heterocycles. The molecule has 3 rings (SSSR count). The summed E-state index contributed by atoms with van der Waals surface area (Å²) in [5, 5.41) is 3.31. The number of hydrogen-bond donors (Lipinski definition) is 2. The van der Waals surface area contributed by atoms with Crippen LogP contribution in [0.1, 0.15) is 32.6 Å². The van der Waals surface area contributed by atoms with Gasteiger partial charge in [-0.25, -0.2) is 0 Å². The molecule has 1 aliphatic rings. The van der Waals surface area contributed by atoms with E-state index in [0.717, 1.165) is 17.6 Å². The fraction of sp³-hybridized carbons (Fsp3) is 0.500. The Morgan fingerprint density at radius 2 is 2.17 bits per heavy atom. The van der Waals surface area contributed by atoms with Gasteiger partial charge in [-0.3, -0.25) is 0 Å². The third-order valence-electron chi connectivity index (χ3n) is 3.93. The summed E-state index contributed by atoms with van der Waals surface area (Å²) < 4.78 is 5.65. The van der Waals surface area contributed by atoms with E-state index in [1.165, 1.54) is 25.7 Å². The Hall–Kier alpha value is -1.71. The van der Waals surface area contributed by atoms with Crippen LogP contribution >= 0.6 is 0 Å². The van der Waals surface area contributed by atoms with E-state index in [4.69, 9.17) is 10.2 Å². The van der Waals surface area contributed by atoms with Crippen LogP contribution in [0.25, 0.3) is 11.1 Å². The summed E-state index contributed by atoms with van der Waals surface area (Å²) in [6.45, 7) is 3.24. The van der Waals surface area contributed by atoms with Gasteiger partial charge in [-0.05, 0) is 30.4 Å². The molecular formula is C14H19N3O. The molecule has 1 aliphatic carbocycles. The maximum atomic E-state index is 5.86. The summed E-state index contributed by atoms with van der Waals surface area (Å²) in [5.74, 6) is 0. The van der Waals surface area contributed by atoms with Gasteiger partial charge < -0.3 is 15.5 Å². The Labute approximate surface area is 107 Å². The lowest BCUT2D eigenvalue weighted by Gasteiger charge is -2.22. The minimum Gasteiger partial charge on any atom is -0.423 e. The van der Waals surface area contributed by atoms with E-state index < -0.39 is 0 Å². The van der Waals surface area contributed by atoms with Gasteiger partial charge in [0.05, 0.1) is 5.69 Å². The molecule has 18 heavy (non-hydrogen) atoms. The lowest BCUT2D eigenvalue weighted by molar-refractivity contribution is 0.358. The quantitative estimate of drug-likeness (QED) is 0.813. The zero-order valence-corrected chi connectivity index (χ0v) is 10.7. The summed E-state index contributed by atoms with van der Waals surface area (Å²) >= 11 is 0. The molecule has 4 nitrogen and oxygen atoms in total. The van der Waals surface area contributed by atoms with Gasteiger partial charge in [-0.1, -0.05) is 25.8 Å². The highest BCUT2D eigenvalue weighted by atomic mass is 16.4. The highest BCUT2D eigenvalue weighted by molar-refractivity contribution is 5.86. The molecule has 3 N–H and O–H groups in total. The number of benzene rings is 1. The second-order valence-electron chi connectivity index (χ2n) is 5.58. The van der Waals surface area contributed by atoms with Crippen molar-refractivity contribution in [1.29, 1.82) is 0 Å². The first-order chi connectivity index (χ1) is 8.66. The lowest BCUT2D eigenvalue weighted by Crippen LogP contribution is -2.22. The normalized spacial score (nSPS) is 18.3. The molecule has 1 aromatic heterocycles. The van der Waals surface area contributed by atoms with Gasteiger partial charge in [0, 0.05) is 6.54 Å². The second-order valence-corrected chi connectivity index (χ2v) is 5.58. The molecule has 0 aliphatic heterocycles. The van der Waals surface area contributed by atoms with Crippen molar-refractivity contribution in [2.75, 3.05) is 17.6 Å². The number of para-hydroxylation sites is 1. The van der Waals surface area contributed by atoms with Gasteiger partial charge in [-0.15, -0.1) is 0 Å². The summed E-state index contributed by atoms with van der Waals surface area (Å²) in [6.07, 6.45) is 5.22. The molecule has 4 heteroatoms. The highest BCUT2D eigenvalue weighted by Gasteiger charge is 2.28. The van der Waals surface area contributed by atoms with E-state index in [9.17, 15) is 0 Å². The number of anilines is 2. The molecule has 0 amide bonds. The molecule has 1 fully saturated rings. The van der Waals surface area contributed by atoms with Crippen molar-refractivity contribution < 1.29 is 4.42 Å². The number of hydrogen-bond acceptors (Lipinski definition) is 4. The molecule has 96 valence electrons. The molecule has 0 spiro atoms. The Morgan fingerprint density at radius 3 is 2.89 bits per heavy atom. The number of rotatable bonds is 3.